The predicted octanol–water partition coefficient (Wildman–Crippen LogP) is 2.67. The fraction of sp³-hybridized carbons (Fsp3) is 0.533. The molecule has 0 saturated heterocycles. The molecule has 0 spiro atoms. The van der Waals surface area contributed by atoms with Crippen LogP contribution in [0.3, 0.4) is 0 Å². The third kappa shape index (κ3) is 3.80. The quantitative estimate of drug-likeness (QED) is 0.802. The van der Waals surface area contributed by atoms with Crippen molar-refractivity contribution in [2.75, 3.05) is 26.8 Å². The number of aromatic nitrogens is 2. The van der Waals surface area contributed by atoms with Gasteiger partial charge in [0.05, 0.1) is 17.8 Å². The minimum atomic E-state index is -0.142. The molecule has 0 unspecified atom stereocenters. The Balaban J connectivity index is 2.16. The summed E-state index contributed by atoms with van der Waals surface area (Å²) in [5.74, 6) is 0.649. The molecular weight excluding hydrogens is 290 g/mol. The fourth-order valence-electron chi connectivity index (χ4n) is 2.17. The molecule has 0 bridgehead atoms. The van der Waals surface area contributed by atoms with E-state index in [-0.39, 0.29) is 11.8 Å². The zero-order valence-corrected chi connectivity index (χ0v) is 13.4. The van der Waals surface area contributed by atoms with Crippen molar-refractivity contribution in [3.63, 3.8) is 0 Å². The average Bonchev–Trinajstić information content (AvgIpc) is 2.48. The van der Waals surface area contributed by atoms with E-state index < -0.39 is 0 Å². The molecule has 0 aliphatic carbocycles. The van der Waals surface area contributed by atoms with E-state index in [1.165, 1.54) is 11.8 Å². The molecule has 0 saturated carbocycles. The third-order valence-corrected chi connectivity index (χ3v) is 3.68. The average molecular weight is 310 g/mol. The second kappa shape index (κ2) is 7.00. The molecule has 2 rings (SSSR count). The Kier molecular flexibility index (Phi) is 5.31. The van der Waals surface area contributed by atoms with Crippen LogP contribution in [-0.4, -0.2) is 47.6 Å². The lowest BCUT2D eigenvalue weighted by molar-refractivity contribution is 0.0758. The van der Waals surface area contributed by atoms with Gasteiger partial charge < -0.3 is 9.64 Å². The van der Waals surface area contributed by atoms with Crippen LogP contribution in [0.25, 0.3) is 0 Å². The SMILES string of the molecule is COCC1=CCN(C(=O)c2nc(C(C)C)ncc2Cl)CC1. The molecule has 1 aliphatic heterocycles. The molecule has 0 aromatic carbocycles. The highest BCUT2D eigenvalue weighted by atomic mass is 35.5. The summed E-state index contributed by atoms with van der Waals surface area (Å²) in [5.41, 5.74) is 1.51. The van der Waals surface area contributed by atoms with Crippen molar-refractivity contribution in [2.24, 2.45) is 0 Å². The van der Waals surface area contributed by atoms with Crippen molar-refractivity contribution in [1.82, 2.24) is 14.9 Å². The van der Waals surface area contributed by atoms with Gasteiger partial charge in [-0.1, -0.05) is 31.5 Å². The molecule has 0 N–H and O–H groups in total. The van der Waals surface area contributed by atoms with Crippen LogP contribution in [0.2, 0.25) is 5.02 Å². The first-order chi connectivity index (χ1) is 10.0. The van der Waals surface area contributed by atoms with Crippen LogP contribution >= 0.6 is 11.6 Å². The minimum absolute atomic E-state index is 0.142. The molecule has 1 aromatic heterocycles. The maximum atomic E-state index is 12.6. The van der Waals surface area contributed by atoms with Gasteiger partial charge in [-0.3, -0.25) is 4.79 Å². The molecular formula is C15H20ClN3O2. The largest absolute Gasteiger partial charge is 0.380 e. The number of rotatable bonds is 4. The first-order valence-corrected chi connectivity index (χ1v) is 7.39. The Labute approximate surface area is 130 Å². The molecule has 6 heteroatoms. The van der Waals surface area contributed by atoms with Crippen molar-refractivity contribution in [3.05, 3.63) is 34.4 Å². The molecule has 1 aromatic rings. The van der Waals surface area contributed by atoms with Gasteiger partial charge in [-0.25, -0.2) is 9.97 Å². The number of nitrogens with zero attached hydrogens (tertiary/aromatic N) is 3. The van der Waals surface area contributed by atoms with E-state index in [0.717, 1.165) is 6.42 Å². The smallest absolute Gasteiger partial charge is 0.274 e. The minimum Gasteiger partial charge on any atom is -0.380 e. The number of amides is 1. The van der Waals surface area contributed by atoms with Crippen molar-refractivity contribution in [1.29, 1.82) is 0 Å². The first-order valence-electron chi connectivity index (χ1n) is 7.01. The summed E-state index contributed by atoms with van der Waals surface area (Å²) >= 11 is 6.09. The number of halogens is 1. The highest BCUT2D eigenvalue weighted by Crippen LogP contribution is 2.20. The highest BCUT2D eigenvalue weighted by molar-refractivity contribution is 6.33. The standard InChI is InChI=1S/C15H20ClN3O2/c1-10(2)14-17-8-12(16)13(18-14)15(20)19-6-4-11(5-7-19)9-21-3/h4,8,10H,5-7,9H2,1-3H3. The molecule has 0 radical (unpaired) electrons. The zero-order chi connectivity index (χ0) is 15.4. The van der Waals surface area contributed by atoms with Crippen LogP contribution in [0.1, 0.15) is 42.5 Å². The van der Waals surface area contributed by atoms with Crippen LogP contribution in [0.5, 0.6) is 0 Å². The summed E-state index contributed by atoms with van der Waals surface area (Å²) < 4.78 is 5.11. The number of hydrogen-bond acceptors (Lipinski definition) is 4. The summed E-state index contributed by atoms with van der Waals surface area (Å²) in [5, 5.41) is 0.302. The van der Waals surface area contributed by atoms with E-state index in [1.54, 1.807) is 12.0 Å². The molecule has 114 valence electrons. The van der Waals surface area contributed by atoms with Crippen LogP contribution in [0, 0.1) is 0 Å². The normalized spacial score (nSPS) is 15.3. The second-order valence-electron chi connectivity index (χ2n) is 5.38. The number of carbonyl (C=O) groups is 1. The van der Waals surface area contributed by atoms with Crippen molar-refractivity contribution in [3.8, 4) is 0 Å². The monoisotopic (exact) mass is 309 g/mol. The first kappa shape index (κ1) is 15.9. The third-order valence-electron chi connectivity index (χ3n) is 3.40. The van der Waals surface area contributed by atoms with E-state index in [4.69, 9.17) is 16.3 Å². The van der Waals surface area contributed by atoms with E-state index >= 15 is 0 Å². The van der Waals surface area contributed by atoms with Crippen molar-refractivity contribution >= 4 is 17.5 Å². The Bertz CT molecular complexity index is 558. The van der Waals surface area contributed by atoms with Crippen LogP contribution in [0.15, 0.2) is 17.8 Å². The van der Waals surface area contributed by atoms with Gasteiger partial charge in [0.15, 0.2) is 5.69 Å². The molecule has 0 atom stereocenters. The lowest BCUT2D eigenvalue weighted by Gasteiger charge is -2.26. The summed E-state index contributed by atoms with van der Waals surface area (Å²) in [6.07, 6.45) is 4.36. The van der Waals surface area contributed by atoms with E-state index in [1.807, 2.05) is 19.9 Å². The number of hydrogen-bond donors (Lipinski definition) is 0. The number of ether oxygens (including phenoxy) is 1. The number of methoxy groups -OCH3 is 1. The molecule has 1 aliphatic rings. The summed E-state index contributed by atoms with van der Waals surface area (Å²) in [4.78, 5) is 22.8. The lowest BCUT2D eigenvalue weighted by Crippen LogP contribution is -2.36. The van der Waals surface area contributed by atoms with E-state index in [9.17, 15) is 4.79 Å². The van der Waals surface area contributed by atoms with E-state index in [2.05, 4.69) is 9.97 Å². The summed E-state index contributed by atoms with van der Waals surface area (Å²) in [6, 6.07) is 0. The highest BCUT2D eigenvalue weighted by Gasteiger charge is 2.23. The molecule has 0 fully saturated rings. The van der Waals surface area contributed by atoms with Gasteiger partial charge in [0.1, 0.15) is 5.82 Å². The van der Waals surface area contributed by atoms with Gasteiger partial charge in [-0.15, -0.1) is 0 Å². The maximum Gasteiger partial charge on any atom is 0.274 e. The second-order valence-corrected chi connectivity index (χ2v) is 5.78. The Morgan fingerprint density at radius 1 is 1.52 bits per heavy atom. The number of carbonyl (C=O) groups excluding carboxylic acids is 1. The zero-order valence-electron chi connectivity index (χ0n) is 12.6. The van der Waals surface area contributed by atoms with Crippen LogP contribution < -0.4 is 0 Å². The lowest BCUT2D eigenvalue weighted by atomic mass is 10.1. The summed E-state index contributed by atoms with van der Waals surface area (Å²) in [7, 11) is 1.67. The van der Waals surface area contributed by atoms with Crippen LogP contribution in [0.4, 0.5) is 0 Å². The fourth-order valence-corrected chi connectivity index (χ4v) is 2.34. The van der Waals surface area contributed by atoms with Gasteiger partial charge >= 0.3 is 0 Å². The molecule has 2 heterocycles. The molecule has 5 nitrogen and oxygen atoms in total. The molecule has 1 amide bonds. The molecule has 21 heavy (non-hydrogen) atoms. The Hall–Kier alpha value is -1.46. The predicted molar refractivity (Wildman–Crippen MR) is 81.6 cm³/mol. The van der Waals surface area contributed by atoms with Crippen molar-refractivity contribution in [2.45, 2.75) is 26.2 Å². The van der Waals surface area contributed by atoms with Gasteiger partial charge in [-0.05, 0) is 12.0 Å². The summed E-state index contributed by atoms with van der Waals surface area (Å²) in [6.45, 7) is 5.81. The van der Waals surface area contributed by atoms with Gasteiger partial charge in [-0.2, -0.15) is 0 Å². The van der Waals surface area contributed by atoms with Gasteiger partial charge in [0, 0.05) is 26.1 Å². The maximum absolute atomic E-state index is 12.6. The Morgan fingerprint density at radius 3 is 2.86 bits per heavy atom. The Morgan fingerprint density at radius 2 is 2.29 bits per heavy atom. The van der Waals surface area contributed by atoms with Gasteiger partial charge in [0.25, 0.3) is 5.91 Å². The topological polar surface area (TPSA) is 55.3 Å². The van der Waals surface area contributed by atoms with Crippen LogP contribution in [-0.2, 0) is 4.74 Å². The van der Waals surface area contributed by atoms with E-state index in [0.29, 0.717) is 36.2 Å². The van der Waals surface area contributed by atoms with Gasteiger partial charge in [0.2, 0.25) is 0 Å². The van der Waals surface area contributed by atoms with Crippen molar-refractivity contribution < 1.29 is 9.53 Å².